The molecule has 1 aromatic heterocycles. The molecule has 2 heterocycles. The SMILES string of the molecule is COc1cc(OC)cc(C(=O)N(CCCN2CCOCC2)c2nc3cc(C)cc(C)c3s2)c1. The molecule has 1 aliphatic rings. The van der Waals surface area contributed by atoms with Crippen molar-refractivity contribution in [1.29, 1.82) is 0 Å². The second-order valence-corrected chi connectivity index (χ2v) is 9.27. The fourth-order valence-corrected chi connectivity index (χ4v) is 5.17. The summed E-state index contributed by atoms with van der Waals surface area (Å²) in [4.78, 5) is 22.8. The minimum Gasteiger partial charge on any atom is -0.497 e. The molecular formula is C25H31N3O4S. The summed E-state index contributed by atoms with van der Waals surface area (Å²) < 4.78 is 17.3. The van der Waals surface area contributed by atoms with Crippen LogP contribution in [0, 0.1) is 13.8 Å². The van der Waals surface area contributed by atoms with Crippen LogP contribution in [0.4, 0.5) is 5.13 Å². The van der Waals surface area contributed by atoms with E-state index in [0.29, 0.717) is 28.7 Å². The van der Waals surface area contributed by atoms with Crippen LogP contribution in [0.2, 0.25) is 0 Å². The zero-order valence-corrected chi connectivity index (χ0v) is 20.5. The number of fused-ring (bicyclic) bond motifs is 1. The van der Waals surface area contributed by atoms with E-state index >= 15 is 0 Å². The van der Waals surface area contributed by atoms with Gasteiger partial charge in [0.15, 0.2) is 5.13 Å². The third kappa shape index (κ3) is 5.46. The molecule has 0 saturated carbocycles. The maximum atomic E-state index is 13.7. The maximum Gasteiger partial charge on any atom is 0.260 e. The minimum atomic E-state index is -0.109. The Hall–Kier alpha value is -2.68. The van der Waals surface area contributed by atoms with E-state index in [1.54, 1.807) is 48.7 Å². The van der Waals surface area contributed by atoms with Crippen LogP contribution in [0.3, 0.4) is 0 Å². The van der Waals surface area contributed by atoms with Gasteiger partial charge in [-0.15, -0.1) is 0 Å². The Morgan fingerprint density at radius 3 is 2.45 bits per heavy atom. The Labute approximate surface area is 198 Å². The number of amides is 1. The Morgan fingerprint density at radius 1 is 1.09 bits per heavy atom. The van der Waals surface area contributed by atoms with Crippen LogP contribution in [-0.2, 0) is 4.74 Å². The van der Waals surface area contributed by atoms with Crippen molar-refractivity contribution in [3.63, 3.8) is 0 Å². The molecule has 0 bridgehead atoms. The van der Waals surface area contributed by atoms with Crippen molar-refractivity contribution in [3.05, 3.63) is 47.0 Å². The lowest BCUT2D eigenvalue weighted by atomic mass is 10.1. The number of aryl methyl sites for hydroxylation is 2. The van der Waals surface area contributed by atoms with Gasteiger partial charge in [0.2, 0.25) is 0 Å². The van der Waals surface area contributed by atoms with E-state index in [1.165, 1.54) is 11.1 Å². The zero-order chi connectivity index (χ0) is 23.4. The third-order valence-corrected chi connectivity index (χ3v) is 7.07. The number of anilines is 1. The number of methoxy groups -OCH3 is 2. The van der Waals surface area contributed by atoms with Crippen LogP contribution in [0.15, 0.2) is 30.3 Å². The van der Waals surface area contributed by atoms with Gasteiger partial charge in [-0.25, -0.2) is 4.98 Å². The maximum absolute atomic E-state index is 13.7. The molecule has 0 aliphatic carbocycles. The predicted molar refractivity (Wildman–Crippen MR) is 132 cm³/mol. The van der Waals surface area contributed by atoms with Gasteiger partial charge in [0, 0.05) is 37.8 Å². The van der Waals surface area contributed by atoms with E-state index in [2.05, 4.69) is 30.9 Å². The lowest BCUT2D eigenvalue weighted by Gasteiger charge is -2.27. The summed E-state index contributed by atoms with van der Waals surface area (Å²) in [5.41, 5.74) is 3.79. The van der Waals surface area contributed by atoms with E-state index in [9.17, 15) is 4.79 Å². The summed E-state index contributed by atoms with van der Waals surface area (Å²) in [6, 6.07) is 9.50. The molecule has 0 spiro atoms. The number of rotatable bonds is 8. The number of ether oxygens (including phenoxy) is 3. The largest absolute Gasteiger partial charge is 0.497 e. The van der Waals surface area contributed by atoms with Crippen LogP contribution in [0.5, 0.6) is 11.5 Å². The van der Waals surface area contributed by atoms with Gasteiger partial charge in [-0.05, 0) is 49.6 Å². The number of benzene rings is 2. The van der Waals surface area contributed by atoms with Gasteiger partial charge in [0.25, 0.3) is 5.91 Å². The lowest BCUT2D eigenvalue weighted by molar-refractivity contribution is 0.0376. The molecule has 7 nitrogen and oxygen atoms in total. The first-order valence-corrected chi connectivity index (χ1v) is 12.0. The van der Waals surface area contributed by atoms with Crippen LogP contribution in [0.25, 0.3) is 10.2 Å². The first-order chi connectivity index (χ1) is 16.0. The lowest BCUT2D eigenvalue weighted by Crippen LogP contribution is -2.39. The standard InChI is InChI=1S/C25H31N3O4S/c1-17-12-18(2)23-22(13-17)26-25(33-23)28(7-5-6-27-8-10-32-11-9-27)24(29)19-14-20(30-3)16-21(15-19)31-4/h12-16H,5-11H2,1-4H3. The van der Waals surface area contributed by atoms with Crippen LogP contribution < -0.4 is 14.4 Å². The number of carbonyl (C=O) groups excluding carboxylic acids is 1. The van der Waals surface area contributed by atoms with Gasteiger partial charge in [-0.1, -0.05) is 17.4 Å². The van der Waals surface area contributed by atoms with Crippen LogP contribution >= 0.6 is 11.3 Å². The van der Waals surface area contributed by atoms with Crippen molar-refractivity contribution in [2.75, 3.05) is 58.5 Å². The number of carbonyl (C=O) groups is 1. The number of thiazole rings is 1. The summed E-state index contributed by atoms with van der Waals surface area (Å²) in [5, 5.41) is 0.715. The fraction of sp³-hybridized carbons (Fsp3) is 0.440. The van der Waals surface area contributed by atoms with Gasteiger partial charge in [-0.2, -0.15) is 0 Å². The summed E-state index contributed by atoms with van der Waals surface area (Å²) in [7, 11) is 3.17. The highest BCUT2D eigenvalue weighted by Gasteiger charge is 2.23. The van der Waals surface area contributed by atoms with Crippen molar-refractivity contribution in [1.82, 2.24) is 9.88 Å². The molecule has 1 amide bonds. The summed E-state index contributed by atoms with van der Waals surface area (Å²) in [6.45, 7) is 9.05. The molecule has 8 heteroatoms. The van der Waals surface area contributed by atoms with Crippen molar-refractivity contribution >= 4 is 32.6 Å². The van der Waals surface area contributed by atoms with Crippen LogP contribution in [0.1, 0.15) is 27.9 Å². The van der Waals surface area contributed by atoms with E-state index in [0.717, 1.165) is 49.5 Å². The van der Waals surface area contributed by atoms with Gasteiger partial charge < -0.3 is 14.2 Å². The first-order valence-electron chi connectivity index (χ1n) is 11.2. The smallest absolute Gasteiger partial charge is 0.260 e. The van der Waals surface area contributed by atoms with E-state index in [1.807, 2.05) is 0 Å². The van der Waals surface area contributed by atoms with Crippen molar-refractivity contribution < 1.29 is 19.0 Å². The van der Waals surface area contributed by atoms with Crippen molar-refractivity contribution in [3.8, 4) is 11.5 Å². The van der Waals surface area contributed by atoms with Crippen molar-refractivity contribution in [2.45, 2.75) is 20.3 Å². The summed E-state index contributed by atoms with van der Waals surface area (Å²) in [5.74, 6) is 1.06. The predicted octanol–water partition coefficient (Wildman–Crippen LogP) is 4.30. The Kier molecular flexibility index (Phi) is 7.47. The Balaban J connectivity index is 1.65. The highest BCUT2D eigenvalue weighted by atomic mass is 32.1. The topological polar surface area (TPSA) is 64.1 Å². The van der Waals surface area contributed by atoms with Gasteiger partial charge in [0.1, 0.15) is 11.5 Å². The molecule has 2 aromatic carbocycles. The highest BCUT2D eigenvalue weighted by molar-refractivity contribution is 7.22. The number of nitrogens with zero attached hydrogens (tertiary/aromatic N) is 3. The van der Waals surface area contributed by atoms with E-state index in [4.69, 9.17) is 19.2 Å². The van der Waals surface area contributed by atoms with Gasteiger partial charge in [-0.3, -0.25) is 14.6 Å². The normalized spacial score (nSPS) is 14.4. The Morgan fingerprint density at radius 2 is 1.79 bits per heavy atom. The molecule has 33 heavy (non-hydrogen) atoms. The van der Waals surface area contributed by atoms with E-state index in [-0.39, 0.29) is 5.91 Å². The van der Waals surface area contributed by atoms with E-state index < -0.39 is 0 Å². The Bertz CT molecular complexity index is 1100. The first kappa shape index (κ1) is 23.5. The van der Waals surface area contributed by atoms with Crippen LogP contribution in [-0.4, -0.2) is 69.4 Å². The molecule has 0 N–H and O–H groups in total. The second kappa shape index (κ2) is 10.5. The van der Waals surface area contributed by atoms with Gasteiger partial charge >= 0.3 is 0 Å². The molecule has 0 radical (unpaired) electrons. The molecular weight excluding hydrogens is 438 g/mol. The number of morpholine rings is 1. The monoisotopic (exact) mass is 469 g/mol. The molecule has 1 saturated heterocycles. The average molecular weight is 470 g/mol. The van der Waals surface area contributed by atoms with Crippen molar-refractivity contribution in [2.24, 2.45) is 0 Å². The molecule has 4 rings (SSSR count). The number of hydrogen-bond donors (Lipinski definition) is 0. The number of aromatic nitrogens is 1. The highest BCUT2D eigenvalue weighted by Crippen LogP contribution is 2.33. The summed E-state index contributed by atoms with van der Waals surface area (Å²) in [6.07, 6.45) is 0.848. The fourth-order valence-electron chi connectivity index (χ4n) is 4.13. The zero-order valence-electron chi connectivity index (χ0n) is 19.7. The molecule has 1 fully saturated rings. The molecule has 1 aliphatic heterocycles. The quantitative estimate of drug-likeness (QED) is 0.490. The third-order valence-electron chi connectivity index (χ3n) is 5.84. The van der Waals surface area contributed by atoms with Gasteiger partial charge in [0.05, 0.1) is 37.6 Å². The molecule has 176 valence electrons. The summed E-state index contributed by atoms with van der Waals surface area (Å²) >= 11 is 1.57. The molecule has 0 atom stereocenters. The minimum absolute atomic E-state index is 0.109. The number of hydrogen-bond acceptors (Lipinski definition) is 7. The second-order valence-electron chi connectivity index (χ2n) is 8.29. The molecule has 0 unspecified atom stereocenters. The average Bonchev–Trinajstić information content (AvgIpc) is 3.25. The molecule has 3 aromatic rings.